The first-order valence-corrected chi connectivity index (χ1v) is 12.6. The molecule has 0 heterocycles. The predicted octanol–water partition coefficient (Wildman–Crippen LogP) is 7.27. The van der Waals surface area contributed by atoms with E-state index < -0.39 is 6.04 Å². The zero-order valence-electron chi connectivity index (χ0n) is 20.0. The molecule has 0 amide bonds. The molecular formula is C27H47NO2. The maximum Gasteiger partial charge on any atom is 0.323 e. The van der Waals surface area contributed by atoms with Gasteiger partial charge in [0.25, 0.3) is 0 Å². The smallest absolute Gasteiger partial charge is 0.323 e. The largest absolute Gasteiger partial charge is 0.460 e. The van der Waals surface area contributed by atoms with E-state index in [0.717, 1.165) is 37.7 Å². The van der Waals surface area contributed by atoms with Gasteiger partial charge in [-0.05, 0) is 48.8 Å². The molecule has 3 nitrogen and oxygen atoms in total. The minimum atomic E-state index is -0.493. The number of nitrogens with two attached hydrogens (primary N) is 1. The zero-order chi connectivity index (χ0) is 22.0. The maximum absolute atomic E-state index is 12.3. The molecule has 0 aliphatic heterocycles. The summed E-state index contributed by atoms with van der Waals surface area (Å²) in [6.07, 6.45) is 17.6. The number of benzene rings is 1. The monoisotopic (exact) mass is 417 g/mol. The second-order valence-electron chi connectivity index (χ2n) is 8.84. The lowest BCUT2D eigenvalue weighted by molar-refractivity contribution is -0.146. The Morgan fingerprint density at radius 2 is 1.20 bits per heavy atom. The molecule has 1 aromatic rings. The number of esters is 1. The van der Waals surface area contributed by atoms with Crippen LogP contribution in [-0.2, 0) is 29.0 Å². The SMILES string of the molecule is CCCCCCc1cc(CCCCCC)cc(COC(=O)C(N)CCCCCC)c1. The summed E-state index contributed by atoms with van der Waals surface area (Å²) in [5, 5.41) is 0. The molecule has 0 aliphatic carbocycles. The fourth-order valence-electron chi connectivity index (χ4n) is 3.89. The van der Waals surface area contributed by atoms with Gasteiger partial charge in [-0.2, -0.15) is 0 Å². The Labute approximate surface area is 186 Å². The summed E-state index contributed by atoms with van der Waals surface area (Å²) in [6, 6.07) is 6.32. The van der Waals surface area contributed by atoms with E-state index in [9.17, 15) is 4.79 Å². The highest BCUT2D eigenvalue weighted by molar-refractivity contribution is 5.75. The van der Waals surface area contributed by atoms with Crippen LogP contribution in [0.4, 0.5) is 0 Å². The van der Waals surface area contributed by atoms with Crippen molar-refractivity contribution in [2.45, 2.75) is 130 Å². The Morgan fingerprint density at radius 3 is 1.70 bits per heavy atom. The number of hydrogen-bond acceptors (Lipinski definition) is 3. The molecule has 0 fully saturated rings. The molecule has 0 aromatic heterocycles. The molecule has 0 radical (unpaired) electrons. The third-order valence-electron chi connectivity index (χ3n) is 5.80. The Balaban J connectivity index is 2.62. The fraction of sp³-hybridized carbons (Fsp3) is 0.741. The van der Waals surface area contributed by atoms with Crippen molar-refractivity contribution in [3.05, 3.63) is 34.9 Å². The van der Waals surface area contributed by atoms with E-state index >= 15 is 0 Å². The molecule has 172 valence electrons. The van der Waals surface area contributed by atoms with Crippen molar-refractivity contribution in [1.82, 2.24) is 0 Å². The van der Waals surface area contributed by atoms with Crippen LogP contribution in [0.25, 0.3) is 0 Å². The second kappa shape index (κ2) is 17.3. The summed E-state index contributed by atoms with van der Waals surface area (Å²) in [5.74, 6) is -0.260. The van der Waals surface area contributed by atoms with Crippen LogP contribution in [0.5, 0.6) is 0 Å². The number of unbranched alkanes of at least 4 members (excludes halogenated alkanes) is 9. The third-order valence-corrected chi connectivity index (χ3v) is 5.80. The van der Waals surface area contributed by atoms with Crippen LogP contribution in [0.3, 0.4) is 0 Å². The summed E-state index contributed by atoms with van der Waals surface area (Å²) < 4.78 is 5.58. The topological polar surface area (TPSA) is 52.3 Å². The summed E-state index contributed by atoms with van der Waals surface area (Å²) in [6.45, 7) is 7.02. The van der Waals surface area contributed by atoms with E-state index in [1.54, 1.807) is 0 Å². The summed E-state index contributed by atoms with van der Waals surface area (Å²) in [7, 11) is 0. The summed E-state index contributed by atoms with van der Waals surface area (Å²) >= 11 is 0. The van der Waals surface area contributed by atoms with Gasteiger partial charge in [0.15, 0.2) is 0 Å². The first kappa shape index (κ1) is 26.7. The van der Waals surface area contributed by atoms with Crippen LogP contribution < -0.4 is 5.73 Å². The summed E-state index contributed by atoms with van der Waals surface area (Å²) in [5.41, 5.74) is 9.92. The van der Waals surface area contributed by atoms with Crippen molar-refractivity contribution in [2.75, 3.05) is 0 Å². The minimum Gasteiger partial charge on any atom is -0.460 e. The number of carbonyl (C=O) groups excluding carboxylic acids is 1. The molecule has 0 bridgehead atoms. The van der Waals surface area contributed by atoms with Gasteiger partial charge in [-0.15, -0.1) is 0 Å². The van der Waals surface area contributed by atoms with Crippen LogP contribution in [-0.4, -0.2) is 12.0 Å². The van der Waals surface area contributed by atoms with Crippen molar-refractivity contribution < 1.29 is 9.53 Å². The average molecular weight is 418 g/mol. The van der Waals surface area contributed by atoms with Gasteiger partial charge in [0.2, 0.25) is 0 Å². The van der Waals surface area contributed by atoms with E-state index in [2.05, 4.69) is 39.0 Å². The highest BCUT2D eigenvalue weighted by atomic mass is 16.5. The number of hydrogen-bond donors (Lipinski definition) is 1. The number of carbonyl (C=O) groups is 1. The van der Waals surface area contributed by atoms with Gasteiger partial charge >= 0.3 is 5.97 Å². The molecule has 1 unspecified atom stereocenters. The lowest BCUT2D eigenvalue weighted by atomic mass is 9.98. The molecule has 1 rings (SSSR count). The predicted molar refractivity (Wildman–Crippen MR) is 129 cm³/mol. The molecular weight excluding hydrogens is 370 g/mol. The van der Waals surface area contributed by atoms with E-state index in [1.807, 2.05) is 0 Å². The average Bonchev–Trinajstić information content (AvgIpc) is 2.75. The van der Waals surface area contributed by atoms with E-state index in [0.29, 0.717) is 6.61 Å². The van der Waals surface area contributed by atoms with Crippen molar-refractivity contribution >= 4 is 5.97 Å². The van der Waals surface area contributed by atoms with Gasteiger partial charge in [0.1, 0.15) is 12.6 Å². The number of rotatable bonds is 18. The lowest BCUT2D eigenvalue weighted by Gasteiger charge is -2.14. The van der Waals surface area contributed by atoms with Gasteiger partial charge in [-0.1, -0.05) is 103 Å². The highest BCUT2D eigenvalue weighted by Crippen LogP contribution is 2.18. The van der Waals surface area contributed by atoms with Crippen molar-refractivity contribution in [1.29, 1.82) is 0 Å². The fourth-order valence-corrected chi connectivity index (χ4v) is 3.89. The van der Waals surface area contributed by atoms with Crippen LogP contribution in [0.2, 0.25) is 0 Å². The lowest BCUT2D eigenvalue weighted by Crippen LogP contribution is -2.32. The molecule has 0 saturated heterocycles. The van der Waals surface area contributed by atoms with Crippen LogP contribution in [0, 0.1) is 0 Å². The standard InChI is InChI=1S/C27H47NO2/c1-4-7-10-13-16-23-19-24(17-14-11-8-5-2)21-25(20-23)22-30-27(29)26(28)18-15-12-9-6-3/h19-21,26H,4-18,22,28H2,1-3H3. The van der Waals surface area contributed by atoms with Gasteiger partial charge in [-0.25, -0.2) is 0 Å². The van der Waals surface area contributed by atoms with Gasteiger partial charge in [-0.3, -0.25) is 4.79 Å². The molecule has 0 aliphatic rings. The van der Waals surface area contributed by atoms with E-state index in [-0.39, 0.29) is 5.97 Å². The first-order valence-electron chi connectivity index (χ1n) is 12.6. The molecule has 3 heteroatoms. The molecule has 0 saturated carbocycles. The van der Waals surface area contributed by atoms with Crippen LogP contribution in [0.1, 0.15) is 121 Å². The van der Waals surface area contributed by atoms with Gasteiger partial charge in [0.05, 0.1) is 0 Å². The Morgan fingerprint density at radius 1 is 0.733 bits per heavy atom. The normalized spacial score (nSPS) is 12.1. The zero-order valence-corrected chi connectivity index (χ0v) is 20.0. The Bertz CT molecular complexity index is 540. The third kappa shape index (κ3) is 12.4. The Hall–Kier alpha value is -1.35. The molecule has 2 N–H and O–H groups in total. The first-order chi connectivity index (χ1) is 14.6. The van der Waals surface area contributed by atoms with Crippen LogP contribution >= 0.6 is 0 Å². The van der Waals surface area contributed by atoms with Crippen molar-refractivity contribution in [2.24, 2.45) is 5.73 Å². The van der Waals surface area contributed by atoms with E-state index in [4.69, 9.17) is 10.5 Å². The molecule has 1 aromatic carbocycles. The number of aryl methyl sites for hydroxylation is 2. The quantitative estimate of drug-likeness (QED) is 0.202. The highest BCUT2D eigenvalue weighted by Gasteiger charge is 2.15. The van der Waals surface area contributed by atoms with E-state index in [1.165, 1.54) is 75.3 Å². The van der Waals surface area contributed by atoms with Crippen molar-refractivity contribution in [3.63, 3.8) is 0 Å². The second-order valence-corrected chi connectivity index (χ2v) is 8.84. The van der Waals surface area contributed by atoms with Crippen molar-refractivity contribution in [3.8, 4) is 0 Å². The van der Waals surface area contributed by atoms with Gasteiger partial charge < -0.3 is 10.5 Å². The van der Waals surface area contributed by atoms with Crippen LogP contribution in [0.15, 0.2) is 18.2 Å². The number of ether oxygens (including phenoxy) is 1. The summed E-state index contributed by atoms with van der Waals surface area (Å²) in [4.78, 5) is 12.3. The molecule has 30 heavy (non-hydrogen) atoms. The molecule has 1 atom stereocenters. The Kier molecular flexibility index (Phi) is 15.4. The maximum atomic E-state index is 12.3. The minimum absolute atomic E-state index is 0.260. The molecule has 0 spiro atoms. The van der Waals surface area contributed by atoms with Gasteiger partial charge in [0, 0.05) is 0 Å².